The lowest BCUT2D eigenvalue weighted by atomic mass is 10.3. The zero-order valence-electron chi connectivity index (χ0n) is 10.4. The van der Waals surface area contributed by atoms with Gasteiger partial charge < -0.3 is 9.84 Å². The highest BCUT2D eigenvalue weighted by molar-refractivity contribution is 9.10. The number of carbonyl (C=O) groups excluding carboxylic acids is 2. The van der Waals surface area contributed by atoms with Crippen molar-refractivity contribution in [3.05, 3.63) is 39.8 Å². The van der Waals surface area contributed by atoms with Gasteiger partial charge in [-0.05, 0) is 34.1 Å². The number of rotatable bonds is 5. The van der Waals surface area contributed by atoms with Crippen LogP contribution in [0.2, 0.25) is 5.02 Å². The Labute approximate surface area is 133 Å². The first-order valence-corrected chi connectivity index (χ1v) is 6.63. The molecule has 0 aliphatic carbocycles. The molecule has 2 amide bonds. The average Bonchev–Trinajstić information content (AvgIpc) is 2.41. The fourth-order valence-corrected chi connectivity index (χ4v) is 1.89. The molecule has 21 heavy (non-hydrogen) atoms. The van der Waals surface area contributed by atoms with Crippen LogP contribution < -0.4 is 15.6 Å². The number of hydrogen-bond donors (Lipinski definition) is 3. The molecule has 0 aliphatic rings. The molecule has 7 nitrogen and oxygen atoms in total. The van der Waals surface area contributed by atoms with Crippen molar-refractivity contribution < 1.29 is 24.2 Å². The van der Waals surface area contributed by atoms with E-state index in [2.05, 4.69) is 21.4 Å². The molecule has 0 radical (unpaired) electrons. The van der Waals surface area contributed by atoms with Crippen molar-refractivity contribution in [1.82, 2.24) is 10.9 Å². The monoisotopic (exact) mass is 376 g/mol. The molecule has 0 saturated carbocycles. The van der Waals surface area contributed by atoms with Gasteiger partial charge in [0.2, 0.25) is 0 Å². The number of ether oxygens (including phenoxy) is 1. The Morgan fingerprint density at radius 3 is 2.62 bits per heavy atom. The molecular formula is C12H10BrClN2O5. The number of benzene rings is 1. The first kappa shape index (κ1) is 17.0. The number of carboxylic acids is 1. The van der Waals surface area contributed by atoms with Crippen molar-refractivity contribution in [2.75, 3.05) is 6.61 Å². The van der Waals surface area contributed by atoms with Crippen molar-refractivity contribution in [2.45, 2.75) is 0 Å². The van der Waals surface area contributed by atoms with Crippen LogP contribution in [0, 0.1) is 0 Å². The Morgan fingerprint density at radius 1 is 1.29 bits per heavy atom. The molecule has 3 N–H and O–H groups in total. The maximum absolute atomic E-state index is 11.4. The third-order valence-corrected chi connectivity index (χ3v) is 2.81. The molecule has 9 heteroatoms. The molecule has 0 saturated heterocycles. The van der Waals surface area contributed by atoms with Crippen molar-refractivity contribution in [1.29, 1.82) is 0 Å². The summed E-state index contributed by atoms with van der Waals surface area (Å²) in [7, 11) is 0. The van der Waals surface area contributed by atoms with Crippen LogP contribution in [0.1, 0.15) is 0 Å². The van der Waals surface area contributed by atoms with Crippen LogP contribution >= 0.6 is 27.5 Å². The van der Waals surface area contributed by atoms with Gasteiger partial charge in [-0.25, -0.2) is 4.79 Å². The zero-order chi connectivity index (χ0) is 15.8. The number of nitrogens with one attached hydrogen (secondary N) is 2. The van der Waals surface area contributed by atoms with Crippen LogP contribution in [0.5, 0.6) is 5.75 Å². The Balaban J connectivity index is 2.37. The van der Waals surface area contributed by atoms with Crippen LogP contribution in [0.4, 0.5) is 0 Å². The lowest BCUT2D eigenvalue weighted by Crippen LogP contribution is -2.43. The summed E-state index contributed by atoms with van der Waals surface area (Å²) in [4.78, 5) is 32.7. The predicted molar refractivity (Wildman–Crippen MR) is 77.7 cm³/mol. The molecule has 112 valence electrons. The topological polar surface area (TPSA) is 105 Å². The largest absolute Gasteiger partial charge is 0.483 e. The number of aliphatic carboxylic acids is 1. The fraction of sp³-hybridized carbons (Fsp3) is 0.0833. The van der Waals surface area contributed by atoms with Gasteiger partial charge >= 0.3 is 5.97 Å². The number of halogens is 2. The summed E-state index contributed by atoms with van der Waals surface area (Å²) in [5.41, 5.74) is 4.05. The first-order valence-electron chi connectivity index (χ1n) is 5.46. The number of hydrogen-bond acceptors (Lipinski definition) is 4. The van der Waals surface area contributed by atoms with Crippen molar-refractivity contribution >= 4 is 45.3 Å². The van der Waals surface area contributed by atoms with E-state index in [9.17, 15) is 14.4 Å². The Bertz CT molecular complexity index is 591. The standard InChI is InChI=1S/C12H10BrClN2O5/c13-8-5-7(14)1-2-9(8)21-6-11(18)16-15-10(17)3-4-12(19)20/h1-5H,6H2,(H,15,17)(H,16,18)(H,19,20). The van der Waals surface area contributed by atoms with E-state index in [4.69, 9.17) is 21.4 Å². The van der Waals surface area contributed by atoms with Crippen molar-refractivity contribution in [3.8, 4) is 5.75 Å². The summed E-state index contributed by atoms with van der Waals surface area (Å²) in [5, 5.41) is 8.82. The summed E-state index contributed by atoms with van der Waals surface area (Å²) >= 11 is 8.97. The van der Waals surface area contributed by atoms with Crippen LogP contribution in [-0.2, 0) is 14.4 Å². The highest BCUT2D eigenvalue weighted by atomic mass is 79.9. The minimum atomic E-state index is -1.27. The van der Waals surface area contributed by atoms with Gasteiger partial charge in [0.1, 0.15) is 5.75 Å². The van der Waals surface area contributed by atoms with E-state index < -0.39 is 17.8 Å². The van der Waals surface area contributed by atoms with Crippen LogP contribution in [0.25, 0.3) is 0 Å². The van der Waals surface area contributed by atoms with E-state index in [0.717, 1.165) is 6.08 Å². The summed E-state index contributed by atoms with van der Waals surface area (Å²) < 4.78 is 5.78. The first-order chi connectivity index (χ1) is 9.88. The number of hydrazine groups is 1. The van der Waals surface area contributed by atoms with Crippen LogP contribution in [-0.4, -0.2) is 29.5 Å². The molecule has 0 bridgehead atoms. The second-order valence-electron chi connectivity index (χ2n) is 3.57. The summed E-state index contributed by atoms with van der Waals surface area (Å²) in [6.45, 7) is -0.344. The summed E-state index contributed by atoms with van der Waals surface area (Å²) in [6.07, 6.45) is 1.40. The number of carbonyl (C=O) groups is 3. The van der Waals surface area contributed by atoms with E-state index in [-0.39, 0.29) is 6.61 Å². The normalized spacial score (nSPS) is 10.2. The lowest BCUT2D eigenvalue weighted by Gasteiger charge is -2.09. The van der Waals surface area contributed by atoms with Gasteiger partial charge in [0, 0.05) is 17.2 Å². The SMILES string of the molecule is O=C(O)C=CC(=O)NNC(=O)COc1ccc(Cl)cc1Br. The molecule has 0 fully saturated rings. The molecular weight excluding hydrogens is 367 g/mol. The maximum atomic E-state index is 11.4. The molecule has 0 unspecified atom stereocenters. The summed E-state index contributed by atoms with van der Waals surface area (Å²) in [6, 6.07) is 4.78. The lowest BCUT2D eigenvalue weighted by molar-refractivity contribution is -0.131. The number of carboxylic acid groups (broad SMARTS) is 1. The van der Waals surface area contributed by atoms with Gasteiger partial charge in [0.25, 0.3) is 11.8 Å². The van der Waals surface area contributed by atoms with Crippen molar-refractivity contribution in [2.24, 2.45) is 0 Å². The van der Waals surface area contributed by atoms with E-state index in [1.54, 1.807) is 18.2 Å². The molecule has 1 aromatic rings. The smallest absolute Gasteiger partial charge is 0.328 e. The molecule has 1 rings (SSSR count). The summed E-state index contributed by atoms with van der Waals surface area (Å²) in [5.74, 6) is -2.26. The average molecular weight is 378 g/mol. The number of amides is 2. The Morgan fingerprint density at radius 2 is 2.00 bits per heavy atom. The zero-order valence-corrected chi connectivity index (χ0v) is 12.8. The van der Waals surface area contributed by atoms with Gasteiger partial charge in [-0.15, -0.1) is 0 Å². The minimum Gasteiger partial charge on any atom is -0.483 e. The van der Waals surface area contributed by atoms with Gasteiger partial charge in [-0.3, -0.25) is 20.4 Å². The molecule has 0 aromatic heterocycles. The highest BCUT2D eigenvalue weighted by Gasteiger charge is 2.06. The van der Waals surface area contributed by atoms with E-state index in [1.807, 2.05) is 5.43 Å². The van der Waals surface area contributed by atoms with Gasteiger partial charge in [0.05, 0.1) is 4.47 Å². The fourth-order valence-electron chi connectivity index (χ4n) is 1.09. The van der Waals surface area contributed by atoms with E-state index in [1.165, 1.54) is 0 Å². The van der Waals surface area contributed by atoms with Crippen molar-refractivity contribution in [3.63, 3.8) is 0 Å². The second-order valence-corrected chi connectivity index (χ2v) is 4.86. The third-order valence-electron chi connectivity index (χ3n) is 1.96. The van der Waals surface area contributed by atoms with Crippen LogP contribution in [0.3, 0.4) is 0 Å². The van der Waals surface area contributed by atoms with Gasteiger partial charge in [0.15, 0.2) is 6.61 Å². The van der Waals surface area contributed by atoms with Crippen LogP contribution in [0.15, 0.2) is 34.8 Å². The molecule has 0 aliphatic heterocycles. The minimum absolute atomic E-state index is 0.344. The molecule has 0 spiro atoms. The molecule has 1 aromatic carbocycles. The molecule has 0 heterocycles. The predicted octanol–water partition coefficient (Wildman–Crippen LogP) is 1.27. The Hall–Kier alpha value is -2.06. The third kappa shape index (κ3) is 6.77. The molecule has 0 atom stereocenters. The van der Waals surface area contributed by atoms with E-state index in [0.29, 0.717) is 21.3 Å². The maximum Gasteiger partial charge on any atom is 0.328 e. The Kier molecular flexibility index (Phi) is 6.70. The van der Waals surface area contributed by atoms with Gasteiger partial charge in [-0.2, -0.15) is 0 Å². The van der Waals surface area contributed by atoms with E-state index >= 15 is 0 Å². The highest BCUT2D eigenvalue weighted by Crippen LogP contribution is 2.27. The second kappa shape index (κ2) is 8.28. The van der Waals surface area contributed by atoms with Gasteiger partial charge in [-0.1, -0.05) is 11.6 Å². The quantitative estimate of drug-likeness (QED) is 0.529.